The molecular formula is C23H30FN3O3. The molecular weight excluding hydrogens is 385 g/mol. The third-order valence-electron chi connectivity index (χ3n) is 4.43. The van der Waals surface area contributed by atoms with Crippen molar-refractivity contribution in [3.8, 4) is 0 Å². The van der Waals surface area contributed by atoms with E-state index in [1.54, 1.807) is 11.0 Å². The first kappa shape index (κ1) is 23.3. The first-order chi connectivity index (χ1) is 14.2. The van der Waals surface area contributed by atoms with Crippen LogP contribution in [0.5, 0.6) is 0 Å². The largest absolute Gasteiger partial charge is 0.377 e. The summed E-state index contributed by atoms with van der Waals surface area (Å²) in [6.07, 6.45) is 0. The topological polar surface area (TPSA) is 61.9 Å². The highest BCUT2D eigenvalue weighted by molar-refractivity contribution is 5.94. The van der Waals surface area contributed by atoms with Crippen molar-refractivity contribution in [1.82, 2.24) is 4.90 Å². The zero-order valence-corrected chi connectivity index (χ0v) is 18.2. The van der Waals surface area contributed by atoms with E-state index in [0.717, 1.165) is 11.3 Å². The third kappa shape index (κ3) is 6.56. The van der Waals surface area contributed by atoms with Crippen LogP contribution in [-0.4, -0.2) is 51.1 Å². The Morgan fingerprint density at radius 1 is 1.13 bits per heavy atom. The maximum Gasteiger partial charge on any atom is 0.254 e. The maximum absolute atomic E-state index is 13.7. The van der Waals surface area contributed by atoms with Crippen molar-refractivity contribution in [1.29, 1.82) is 0 Å². The van der Waals surface area contributed by atoms with Gasteiger partial charge in [-0.05, 0) is 47.9 Å². The molecule has 0 aromatic heterocycles. The normalized spacial score (nSPS) is 10.8. The Labute approximate surface area is 177 Å². The molecule has 0 saturated carbocycles. The zero-order valence-electron chi connectivity index (χ0n) is 18.2. The summed E-state index contributed by atoms with van der Waals surface area (Å²) in [6, 6.07) is 11.3. The molecule has 2 amide bonds. The molecule has 1 N–H and O–H groups in total. The lowest BCUT2D eigenvalue weighted by Crippen LogP contribution is -2.34. The van der Waals surface area contributed by atoms with E-state index < -0.39 is 5.82 Å². The first-order valence-electron chi connectivity index (χ1n) is 9.85. The van der Waals surface area contributed by atoms with Crippen LogP contribution in [-0.2, 0) is 16.1 Å². The van der Waals surface area contributed by atoms with Crippen molar-refractivity contribution < 1.29 is 18.7 Å². The predicted octanol–water partition coefficient (Wildman–Crippen LogP) is 3.78. The molecule has 0 atom stereocenters. The highest BCUT2D eigenvalue weighted by atomic mass is 19.1. The molecule has 0 spiro atoms. The van der Waals surface area contributed by atoms with Gasteiger partial charge in [0, 0.05) is 51.2 Å². The van der Waals surface area contributed by atoms with Crippen molar-refractivity contribution in [2.75, 3.05) is 44.6 Å². The monoisotopic (exact) mass is 415 g/mol. The molecule has 0 radical (unpaired) electrons. The highest BCUT2D eigenvalue weighted by Gasteiger charge is 2.20. The lowest BCUT2D eigenvalue weighted by molar-refractivity contribution is -0.119. The van der Waals surface area contributed by atoms with Crippen LogP contribution >= 0.6 is 0 Å². The number of halogens is 1. The molecule has 2 aromatic rings. The van der Waals surface area contributed by atoms with Crippen LogP contribution in [0.4, 0.5) is 15.8 Å². The Bertz CT molecular complexity index is 884. The summed E-state index contributed by atoms with van der Waals surface area (Å²) >= 11 is 0. The minimum Gasteiger partial charge on any atom is -0.377 e. The summed E-state index contributed by atoms with van der Waals surface area (Å²) < 4.78 is 18.5. The minimum absolute atomic E-state index is 0.0394. The second kappa shape index (κ2) is 10.7. The van der Waals surface area contributed by atoms with E-state index in [-0.39, 0.29) is 24.3 Å². The number of amides is 2. The molecule has 7 heteroatoms. The van der Waals surface area contributed by atoms with Crippen LogP contribution in [0, 0.1) is 11.7 Å². The number of nitrogens with zero attached hydrogens (tertiary/aromatic N) is 2. The number of methoxy groups -OCH3 is 1. The molecule has 0 bridgehead atoms. The van der Waals surface area contributed by atoms with Crippen molar-refractivity contribution in [3.05, 3.63) is 59.4 Å². The first-order valence-corrected chi connectivity index (χ1v) is 9.85. The van der Waals surface area contributed by atoms with Gasteiger partial charge in [0.25, 0.3) is 5.91 Å². The third-order valence-corrected chi connectivity index (χ3v) is 4.43. The van der Waals surface area contributed by atoms with E-state index in [2.05, 4.69) is 5.32 Å². The molecule has 30 heavy (non-hydrogen) atoms. The smallest absolute Gasteiger partial charge is 0.254 e. The fraction of sp³-hybridized carbons (Fsp3) is 0.391. The maximum atomic E-state index is 13.7. The van der Waals surface area contributed by atoms with E-state index in [0.29, 0.717) is 24.3 Å². The molecule has 162 valence electrons. The second-order valence-corrected chi connectivity index (χ2v) is 7.81. The molecule has 6 nitrogen and oxygen atoms in total. The Morgan fingerprint density at radius 3 is 2.47 bits per heavy atom. The van der Waals surface area contributed by atoms with Gasteiger partial charge in [0.2, 0.25) is 5.91 Å². The van der Waals surface area contributed by atoms with E-state index in [1.165, 1.54) is 25.3 Å². The van der Waals surface area contributed by atoms with Gasteiger partial charge in [-0.3, -0.25) is 9.59 Å². The SMILES string of the molecule is COCC(=O)Nc1ccc(N(C)C)c(CN(CC(C)C)C(=O)c2cccc(F)c2)c1. The summed E-state index contributed by atoms with van der Waals surface area (Å²) in [4.78, 5) is 28.7. The number of rotatable bonds is 9. The van der Waals surface area contributed by atoms with Crippen molar-refractivity contribution >= 4 is 23.2 Å². The van der Waals surface area contributed by atoms with Crippen LogP contribution in [0.3, 0.4) is 0 Å². The fourth-order valence-corrected chi connectivity index (χ4v) is 3.22. The number of anilines is 2. The molecule has 0 saturated heterocycles. The van der Waals surface area contributed by atoms with Gasteiger partial charge in [0.1, 0.15) is 12.4 Å². The Hall–Kier alpha value is -2.93. The molecule has 0 fully saturated rings. The molecule has 2 rings (SSSR count). The molecule has 0 aliphatic rings. The Balaban J connectivity index is 2.36. The summed E-state index contributed by atoms with van der Waals surface area (Å²) in [6.45, 7) is 4.86. The number of ether oxygens (including phenoxy) is 1. The number of nitrogens with one attached hydrogen (secondary N) is 1. The summed E-state index contributed by atoms with van der Waals surface area (Å²) in [5.41, 5.74) is 2.74. The average Bonchev–Trinajstić information content (AvgIpc) is 2.66. The Morgan fingerprint density at radius 2 is 1.87 bits per heavy atom. The minimum atomic E-state index is -0.442. The van der Waals surface area contributed by atoms with Crippen LogP contribution < -0.4 is 10.2 Å². The van der Waals surface area contributed by atoms with Gasteiger partial charge in [-0.2, -0.15) is 0 Å². The van der Waals surface area contributed by atoms with Crippen molar-refractivity contribution in [2.24, 2.45) is 5.92 Å². The number of hydrogen-bond acceptors (Lipinski definition) is 4. The van der Waals surface area contributed by atoms with Gasteiger partial charge in [0.15, 0.2) is 0 Å². The van der Waals surface area contributed by atoms with Gasteiger partial charge in [0.05, 0.1) is 0 Å². The number of carbonyl (C=O) groups excluding carboxylic acids is 2. The molecule has 0 aliphatic heterocycles. The second-order valence-electron chi connectivity index (χ2n) is 7.81. The van der Waals surface area contributed by atoms with Gasteiger partial charge in [-0.15, -0.1) is 0 Å². The molecule has 0 heterocycles. The van der Waals surface area contributed by atoms with Crippen LogP contribution in [0.1, 0.15) is 29.8 Å². The standard InChI is InChI=1S/C23H30FN3O3/c1-16(2)13-27(23(29)17-7-6-8-19(24)11-17)14-18-12-20(25-22(28)15-30-5)9-10-21(18)26(3)4/h6-12,16H,13-15H2,1-5H3,(H,25,28). The van der Waals surface area contributed by atoms with E-state index in [1.807, 2.05) is 51.0 Å². The van der Waals surface area contributed by atoms with Crippen LogP contribution in [0.2, 0.25) is 0 Å². The fourth-order valence-electron chi connectivity index (χ4n) is 3.22. The van der Waals surface area contributed by atoms with Gasteiger partial charge < -0.3 is 19.9 Å². The zero-order chi connectivity index (χ0) is 22.3. The van der Waals surface area contributed by atoms with Crippen LogP contribution in [0.25, 0.3) is 0 Å². The summed E-state index contributed by atoms with van der Waals surface area (Å²) in [5, 5.41) is 2.80. The number of benzene rings is 2. The number of hydrogen-bond donors (Lipinski definition) is 1. The quantitative estimate of drug-likeness (QED) is 0.677. The van der Waals surface area contributed by atoms with Gasteiger partial charge >= 0.3 is 0 Å². The lowest BCUT2D eigenvalue weighted by atomic mass is 10.1. The van der Waals surface area contributed by atoms with Crippen molar-refractivity contribution in [3.63, 3.8) is 0 Å². The average molecular weight is 416 g/mol. The van der Waals surface area contributed by atoms with Gasteiger partial charge in [-0.1, -0.05) is 19.9 Å². The van der Waals surface area contributed by atoms with E-state index in [4.69, 9.17) is 4.74 Å². The predicted molar refractivity (Wildman–Crippen MR) is 117 cm³/mol. The van der Waals surface area contributed by atoms with E-state index in [9.17, 15) is 14.0 Å². The van der Waals surface area contributed by atoms with Gasteiger partial charge in [-0.25, -0.2) is 4.39 Å². The summed E-state index contributed by atoms with van der Waals surface area (Å²) in [7, 11) is 5.30. The molecule has 0 unspecified atom stereocenters. The highest BCUT2D eigenvalue weighted by Crippen LogP contribution is 2.25. The summed E-state index contributed by atoms with van der Waals surface area (Å²) in [5.74, 6) is -0.699. The van der Waals surface area contributed by atoms with Crippen LogP contribution in [0.15, 0.2) is 42.5 Å². The lowest BCUT2D eigenvalue weighted by Gasteiger charge is -2.28. The number of carbonyl (C=O) groups is 2. The Kier molecular flexibility index (Phi) is 8.35. The molecule has 2 aromatic carbocycles. The van der Waals surface area contributed by atoms with E-state index >= 15 is 0 Å². The molecule has 0 aliphatic carbocycles. The van der Waals surface area contributed by atoms with Crippen molar-refractivity contribution in [2.45, 2.75) is 20.4 Å².